The lowest BCUT2D eigenvalue weighted by Crippen LogP contribution is -2.31. The second kappa shape index (κ2) is 8.15. The van der Waals surface area contributed by atoms with Gasteiger partial charge >= 0.3 is 0 Å². The Hall–Kier alpha value is -1.02. The SMILES string of the molecule is CCCC(CCC)N[C@H](C)c1ccc(OC)cc1. The predicted octanol–water partition coefficient (Wildman–Crippen LogP) is 4.31. The van der Waals surface area contributed by atoms with Crippen LogP contribution in [0.4, 0.5) is 0 Å². The van der Waals surface area contributed by atoms with Gasteiger partial charge in [-0.1, -0.05) is 38.8 Å². The lowest BCUT2D eigenvalue weighted by Gasteiger charge is -2.23. The average Bonchev–Trinajstić information content (AvgIpc) is 2.39. The third-order valence-corrected chi connectivity index (χ3v) is 3.38. The van der Waals surface area contributed by atoms with Crippen molar-refractivity contribution in [1.82, 2.24) is 5.32 Å². The van der Waals surface area contributed by atoms with Crippen LogP contribution in [0.25, 0.3) is 0 Å². The van der Waals surface area contributed by atoms with E-state index in [1.54, 1.807) is 7.11 Å². The Balaban J connectivity index is 2.58. The van der Waals surface area contributed by atoms with Gasteiger partial charge in [0.25, 0.3) is 0 Å². The number of ether oxygens (including phenoxy) is 1. The fraction of sp³-hybridized carbons (Fsp3) is 0.625. The Morgan fingerprint density at radius 2 is 1.61 bits per heavy atom. The third-order valence-electron chi connectivity index (χ3n) is 3.38. The zero-order valence-corrected chi connectivity index (χ0v) is 12.2. The van der Waals surface area contributed by atoms with Gasteiger partial charge in [0.2, 0.25) is 0 Å². The topological polar surface area (TPSA) is 21.3 Å². The Bertz CT molecular complexity index is 314. The maximum absolute atomic E-state index is 5.19. The Labute approximate surface area is 112 Å². The van der Waals surface area contributed by atoms with Gasteiger partial charge in [0.15, 0.2) is 0 Å². The van der Waals surface area contributed by atoms with Crippen LogP contribution in [0.2, 0.25) is 0 Å². The fourth-order valence-electron chi connectivity index (χ4n) is 2.35. The zero-order valence-electron chi connectivity index (χ0n) is 12.2. The number of benzene rings is 1. The van der Waals surface area contributed by atoms with Crippen LogP contribution in [-0.4, -0.2) is 13.2 Å². The van der Waals surface area contributed by atoms with Gasteiger partial charge in [0.05, 0.1) is 7.11 Å². The number of rotatable bonds is 8. The van der Waals surface area contributed by atoms with Gasteiger partial charge < -0.3 is 10.1 Å². The summed E-state index contributed by atoms with van der Waals surface area (Å²) in [5, 5.41) is 3.73. The molecule has 0 saturated carbocycles. The van der Waals surface area contributed by atoms with Gasteiger partial charge in [-0.3, -0.25) is 0 Å². The van der Waals surface area contributed by atoms with Crippen LogP contribution in [0.3, 0.4) is 0 Å². The minimum atomic E-state index is 0.402. The standard InChI is InChI=1S/C16H27NO/c1-5-7-15(8-6-2)17-13(3)14-9-11-16(18-4)12-10-14/h9-13,15,17H,5-8H2,1-4H3/t13-/m1/s1. The molecule has 2 nitrogen and oxygen atoms in total. The van der Waals surface area contributed by atoms with E-state index in [1.165, 1.54) is 31.2 Å². The molecular weight excluding hydrogens is 222 g/mol. The highest BCUT2D eigenvalue weighted by atomic mass is 16.5. The summed E-state index contributed by atoms with van der Waals surface area (Å²) in [7, 11) is 1.70. The minimum absolute atomic E-state index is 0.402. The first-order valence-corrected chi connectivity index (χ1v) is 7.11. The van der Waals surface area contributed by atoms with Crippen LogP contribution in [-0.2, 0) is 0 Å². The largest absolute Gasteiger partial charge is 0.497 e. The minimum Gasteiger partial charge on any atom is -0.497 e. The molecule has 0 unspecified atom stereocenters. The van der Waals surface area contributed by atoms with Crippen molar-refractivity contribution in [3.63, 3.8) is 0 Å². The molecule has 0 spiro atoms. The summed E-state index contributed by atoms with van der Waals surface area (Å²) < 4.78 is 5.19. The summed E-state index contributed by atoms with van der Waals surface area (Å²) in [5.41, 5.74) is 1.33. The number of methoxy groups -OCH3 is 1. The molecule has 1 aromatic rings. The van der Waals surface area contributed by atoms with E-state index >= 15 is 0 Å². The molecule has 0 heterocycles. The number of hydrogen-bond acceptors (Lipinski definition) is 2. The van der Waals surface area contributed by atoms with Crippen molar-refractivity contribution in [3.8, 4) is 5.75 Å². The van der Waals surface area contributed by atoms with Gasteiger partial charge in [0, 0.05) is 12.1 Å². The van der Waals surface area contributed by atoms with E-state index in [4.69, 9.17) is 4.74 Å². The van der Waals surface area contributed by atoms with E-state index in [2.05, 4.69) is 38.2 Å². The van der Waals surface area contributed by atoms with Crippen molar-refractivity contribution < 1.29 is 4.74 Å². The molecule has 1 rings (SSSR count). The van der Waals surface area contributed by atoms with Crippen molar-refractivity contribution in [3.05, 3.63) is 29.8 Å². The molecule has 0 bridgehead atoms. The average molecular weight is 249 g/mol. The summed E-state index contributed by atoms with van der Waals surface area (Å²) >= 11 is 0. The van der Waals surface area contributed by atoms with Crippen LogP contribution >= 0.6 is 0 Å². The molecule has 0 fully saturated rings. The molecule has 0 amide bonds. The highest BCUT2D eigenvalue weighted by molar-refractivity contribution is 5.28. The first-order chi connectivity index (χ1) is 8.71. The molecule has 102 valence electrons. The molecule has 1 aromatic carbocycles. The molecule has 0 radical (unpaired) electrons. The molecular formula is C16H27NO. The van der Waals surface area contributed by atoms with Gasteiger partial charge in [0.1, 0.15) is 5.75 Å². The number of hydrogen-bond donors (Lipinski definition) is 1. The lowest BCUT2D eigenvalue weighted by atomic mass is 10.0. The summed E-state index contributed by atoms with van der Waals surface area (Å²) in [5.74, 6) is 0.921. The molecule has 0 aliphatic rings. The van der Waals surface area contributed by atoms with Crippen molar-refractivity contribution >= 4 is 0 Å². The third kappa shape index (κ3) is 4.69. The van der Waals surface area contributed by atoms with Crippen LogP contribution in [0.15, 0.2) is 24.3 Å². The first-order valence-electron chi connectivity index (χ1n) is 7.11. The monoisotopic (exact) mass is 249 g/mol. The molecule has 18 heavy (non-hydrogen) atoms. The summed E-state index contributed by atoms with van der Waals surface area (Å²) in [6.07, 6.45) is 5.00. The highest BCUT2D eigenvalue weighted by Crippen LogP contribution is 2.19. The smallest absolute Gasteiger partial charge is 0.118 e. The highest BCUT2D eigenvalue weighted by Gasteiger charge is 2.11. The fourth-order valence-corrected chi connectivity index (χ4v) is 2.35. The van der Waals surface area contributed by atoms with Gasteiger partial charge in [-0.25, -0.2) is 0 Å². The van der Waals surface area contributed by atoms with Crippen LogP contribution < -0.4 is 10.1 Å². The molecule has 0 aliphatic heterocycles. The second-order valence-corrected chi connectivity index (χ2v) is 4.94. The van der Waals surface area contributed by atoms with Crippen LogP contribution in [0.1, 0.15) is 58.1 Å². The normalized spacial score (nSPS) is 12.7. The molecule has 1 N–H and O–H groups in total. The summed E-state index contributed by atoms with van der Waals surface area (Å²) in [6, 6.07) is 9.39. The van der Waals surface area contributed by atoms with Gasteiger partial charge in [-0.15, -0.1) is 0 Å². The maximum Gasteiger partial charge on any atom is 0.118 e. The number of nitrogens with one attached hydrogen (secondary N) is 1. The van der Waals surface area contributed by atoms with E-state index in [-0.39, 0.29) is 0 Å². The van der Waals surface area contributed by atoms with Crippen molar-refractivity contribution in [2.24, 2.45) is 0 Å². The van der Waals surface area contributed by atoms with E-state index in [0.717, 1.165) is 5.75 Å². The molecule has 2 heteroatoms. The zero-order chi connectivity index (χ0) is 13.4. The maximum atomic E-state index is 5.19. The molecule has 0 saturated heterocycles. The first kappa shape index (κ1) is 15.0. The van der Waals surface area contributed by atoms with Crippen molar-refractivity contribution in [1.29, 1.82) is 0 Å². The Morgan fingerprint density at radius 1 is 1.06 bits per heavy atom. The summed E-state index contributed by atoms with van der Waals surface area (Å²) in [4.78, 5) is 0. The van der Waals surface area contributed by atoms with Gasteiger partial charge in [-0.2, -0.15) is 0 Å². The van der Waals surface area contributed by atoms with Crippen LogP contribution in [0, 0.1) is 0 Å². The second-order valence-electron chi connectivity index (χ2n) is 4.94. The predicted molar refractivity (Wildman–Crippen MR) is 78.1 cm³/mol. The van der Waals surface area contributed by atoms with E-state index in [1.807, 2.05) is 12.1 Å². The Morgan fingerprint density at radius 3 is 2.06 bits per heavy atom. The summed E-state index contributed by atoms with van der Waals surface area (Å²) in [6.45, 7) is 6.74. The van der Waals surface area contributed by atoms with Crippen molar-refractivity contribution in [2.45, 2.75) is 58.5 Å². The van der Waals surface area contributed by atoms with Crippen LogP contribution in [0.5, 0.6) is 5.75 Å². The van der Waals surface area contributed by atoms with Gasteiger partial charge in [-0.05, 0) is 37.5 Å². The van der Waals surface area contributed by atoms with E-state index in [0.29, 0.717) is 12.1 Å². The molecule has 1 atom stereocenters. The van der Waals surface area contributed by atoms with Crippen molar-refractivity contribution in [2.75, 3.05) is 7.11 Å². The molecule has 0 aliphatic carbocycles. The quantitative estimate of drug-likeness (QED) is 0.741. The molecule has 0 aromatic heterocycles. The Kier molecular flexibility index (Phi) is 6.81. The van der Waals surface area contributed by atoms with E-state index < -0.39 is 0 Å². The van der Waals surface area contributed by atoms with E-state index in [9.17, 15) is 0 Å². The lowest BCUT2D eigenvalue weighted by molar-refractivity contribution is 0.400.